The molecule has 5 nitrogen and oxygen atoms in total. The van der Waals surface area contributed by atoms with Crippen molar-refractivity contribution in [3.63, 3.8) is 0 Å². The second-order valence-corrected chi connectivity index (χ2v) is 5.32. The summed E-state index contributed by atoms with van der Waals surface area (Å²) in [7, 11) is 0. The maximum atomic E-state index is 12.0. The van der Waals surface area contributed by atoms with Crippen LogP contribution in [0.15, 0.2) is 42.5 Å². The van der Waals surface area contributed by atoms with Crippen LogP contribution in [0.2, 0.25) is 0 Å². The number of rotatable bonds is 7. The van der Waals surface area contributed by atoms with E-state index in [9.17, 15) is 4.79 Å². The standard InChI is InChI=1S/C19H24N2O3/c1-4-23-17-11-10-16(12-18(17)24-5-2)21-19(22)20-13-15-8-6-14(3)7-9-15/h6-12H,4-5,13H2,1-3H3,(H2,20,21,22). The SMILES string of the molecule is CCOc1ccc(NC(=O)NCc2ccc(C)cc2)cc1OCC. The van der Waals surface area contributed by atoms with Gasteiger partial charge >= 0.3 is 6.03 Å². The second-order valence-electron chi connectivity index (χ2n) is 5.32. The minimum Gasteiger partial charge on any atom is -0.490 e. The van der Waals surface area contributed by atoms with Gasteiger partial charge < -0.3 is 20.1 Å². The summed E-state index contributed by atoms with van der Waals surface area (Å²) >= 11 is 0. The highest BCUT2D eigenvalue weighted by molar-refractivity contribution is 5.89. The van der Waals surface area contributed by atoms with E-state index in [1.165, 1.54) is 5.56 Å². The highest BCUT2D eigenvalue weighted by Crippen LogP contribution is 2.30. The Labute approximate surface area is 143 Å². The highest BCUT2D eigenvalue weighted by atomic mass is 16.5. The van der Waals surface area contributed by atoms with E-state index in [0.717, 1.165) is 5.56 Å². The lowest BCUT2D eigenvalue weighted by Crippen LogP contribution is -2.28. The van der Waals surface area contributed by atoms with Crippen molar-refractivity contribution in [2.75, 3.05) is 18.5 Å². The van der Waals surface area contributed by atoms with Gasteiger partial charge in [0.05, 0.1) is 13.2 Å². The molecule has 0 unspecified atom stereocenters. The number of carbonyl (C=O) groups is 1. The number of hydrogen-bond donors (Lipinski definition) is 2. The van der Waals surface area contributed by atoms with E-state index in [1.807, 2.05) is 45.0 Å². The minimum atomic E-state index is -0.262. The van der Waals surface area contributed by atoms with Crippen LogP contribution in [0.4, 0.5) is 10.5 Å². The molecule has 0 spiro atoms. The Kier molecular flexibility index (Phi) is 6.49. The molecule has 2 N–H and O–H groups in total. The van der Waals surface area contributed by atoms with Crippen molar-refractivity contribution >= 4 is 11.7 Å². The summed E-state index contributed by atoms with van der Waals surface area (Å²) in [6.07, 6.45) is 0. The maximum Gasteiger partial charge on any atom is 0.319 e. The molecule has 0 radical (unpaired) electrons. The third-order valence-electron chi connectivity index (χ3n) is 3.37. The monoisotopic (exact) mass is 328 g/mol. The summed E-state index contributed by atoms with van der Waals surface area (Å²) in [6.45, 7) is 7.42. The Morgan fingerprint density at radius 1 is 0.958 bits per heavy atom. The molecule has 2 amide bonds. The first-order chi connectivity index (χ1) is 11.6. The van der Waals surface area contributed by atoms with Gasteiger partial charge in [-0.3, -0.25) is 0 Å². The molecule has 0 saturated carbocycles. The molecular formula is C19H24N2O3. The Bertz CT molecular complexity index is 669. The first-order valence-corrected chi connectivity index (χ1v) is 8.12. The van der Waals surface area contributed by atoms with Gasteiger partial charge in [-0.2, -0.15) is 0 Å². The van der Waals surface area contributed by atoms with Gasteiger partial charge in [0.25, 0.3) is 0 Å². The molecule has 0 heterocycles. The smallest absolute Gasteiger partial charge is 0.319 e. The molecule has 0 atom stereocenters. The number of anilines is 1. The van der Waals surface area contributed by atoms with E-state index in [0.29, 0.717) is 36.9 Å². The van der Waals surface area contributed by atoms with E-state index in [1.54, 1.807) is 18.2 Å². The number of nitrogens with one attached hydrogen (secondary N) is 2. The van der Waals surface area contributed by atoms with Crippen LogP contribution in [0.1, 0.15) is 25.0 Å². The van der Waals surface area contributed by atoms with Crippen molar-refractivity contribution in [1.82, 2.24) is 5.32 Å². The summed E-state index contributed by atoms with van der Waals surface area (Å²) in [5.74, 6) is 1.29. The van der Waals surface area contributed by atoms with Gasteiger partial charge in [-0.05, 0) is 38.5 Å². The fraction of sp³-hybridized carbons (Fsp3) is 0.316. The van der Waals surface area contributed by atoms with E-state index < -0.39 is 0 Å². The predicted molar refractivity (Wildman–Crippen MR) is 95.8 cm³/mol. The summed E-state index contributed by atoms with van der Waals surface area (Å²) in [4.78, 5) is 12.0. The van der Waals surface area contributed by atoms with E-state index in [4.69, 9.17) is 9.47 Å². The largest absolute Gasteiger partial charge is 0.490 e. The molecule has 24 heavy (non-hydrogen) atoms. The molecule has 0 aliphatic heterocycles. The molecular weight excluding hydrogens is 304 g/mol. The van der Waals surface area contributed by atoms with Gasteiger partial charge in [0.15, 0.2) is 11.5 Å². The number of aryl methyl sites for hydroxylation is 1. The number of urea groups is 1. The summed E-state index contributed by atoms with van der Waals surface area (Å²) < 4.78 is 11.1. The molecule has 0 saturated heterocycles. The fourth-order valence-corrected chi connectivity index (χ4v) is 2.19. The van der Waals surface area contributed by atoms with Crippen molar-refractivity contribution < 1.29 is 14.3 Å². The van der Waals surface area contributed by atoms with Gasteiger partial charge in [-0.15, -0.1) is 0 Å². The lowest BCUT2D eigenvalue weighted by atomic mass is 10.1. The molecule has 0 aromatic heterocycles. The number of ether oxygens (including phenoxy) is 2. The zero-order valence-electron chi connectivity index (χ0n) is 14.4. The van der Waals surface area contributed by atoms with E-state index in [2.05, 4.69) is 10.6 Å². The maximum absolute atomic E-state index is 12.0. The first-order valence-electron chi connectivity index (χ1n) is 8.12. The lowest BCUT2D eigenvalue weighted by Gasteiger charge is -2.13. The van der Waals surface area contributed by atoms with Crippen LogP contribution in [0.25, 0.3) is 0 Å². The topological polar surface area (TPSA) is 59.6 Å². The third-order valence-corrected chi connectivity index (χ3v) is 3.37. The first kappa shape index (κ1) is 17.7. The van der Waals surface area contributed by atoms with Crippen molar-refractivity contribution in [3.05, 3.63) is 53.6 Å². The molecule has 5 heteroatoms. The van der Waals surface area contributed by atoms with Crippen LogP contribution in [0.3, 0.4) is 0 Å². The molecule has 0 bridgehead atoms. The quantitative estimate of drug-likeness (QED) is 0.804. The van der Waals surface area contributed by atoms with E-state index >= 15 is 0 Å². The number of amides is 2. The van der Waals surface area contributed by atoms with Gasteiger partial charge in [0.1, 0.15) is 0 Å². The molecule has 2 aromatic rings. The number of hydrogen-bond acceptors (Lipinski definition) is 3. The predicted octanol–water partition coefficient (Wildman–Crippen LogP) is 4.11. The molecule has 2 rings (SSSR count). The molecule has 0 aliphatic rings. The summed E-state index contributed by atoms with van der Waals surface area (Å²) in [5, 5.41) is 5.64. The van der Waals surface area contributed by atoms with Crippen molar-refractivity contribution in [2.24, 2.45) is 0 Å². The van der Waals surface area contributed by atoms with Crippen molar-refractivity contribution in [3.8, 4) is 11.5 Å². The van der Waals surface area contributed by atoms with Crippen LogP contribution in [-0.4, -0.2) is 19.2 Å². The van der Waals surface area contributed by atoms with Crippen LogP contribution in [0.5, 0.6) is 11.5 Å². The minimum absolute atomic E-state index is 0.262. The molecule has 2 aromatic carbocycles. The Morgan fingerprint density at radius 2 is 1.62 bits per heavy atom. The van der Waals surface area contributed by atoms with Gasteiger partial charge in [-0.1, -0.05) is 29.8 Å². The molecule has 0 fully saturated rings. The van der Waals surface area contributed by atoms with Crippen LogP contribution < -0.4 is 20.1 Å². The molecule has 128 valence electrons. The van der Waals surface area contributed by atoms with Crippen LogP contribution in [0, 0.1) is 6.92 Å². The highest BCUT2D eigenvalue weighted by Gasteiger charge is 2.08. The zero-order valence-corrected chi connectivity index (χ0v) is 14.4. The van der Waals surface area contributed by atoms with Crippen LogP contribution >= 0.6 is 0 Å². The lowest BCUT2D eigenvalue weighted by molar-refractivity contribution is 0.251. The van der Waals surface area contributed by atoms with E-state index in [-0.39, 0.29) is 6.03 Å². The van der Waals surface area contributed by atoms with Gasteiger partial charge in [0, 0.05) is 18.3 Å². The molecule has 0 aliphatic carbocycles. The number of benzene rings is 2. The van der Waals surface area contributed by atoms with Gasteiger partial charge in [0.2, 0.25) is 0 Å². The Balaban J connectivity index is 1.95. The normalized spacial score (nSPS) is 10.1. The average molecular weight is 328 g/mol. The van der Waals surface area contributed by atoms with Gasteiger partial charge in [-0.25, -0.2) is 4.79 Å². The third kappa shape index (κ3) is 5.19. The Morgan fingerprint density at radius 3 is 2.29 bits per heavy atom. The summed E-state index contributed by atoms with van der Waals surface area (Å²) in [5.41, 5.74) is 2.90. The average Bonchev–Trinajstić information content (AvgIpc) is 2.57. The van der Waals surface area contributed by atoms with Crippen LogP contribution in [-0.2, 0) is 6.54 Å². The second kappa shape index (κ2) is 8.82. The Hall–Kier alpha value is -2.69. The number of carbonyl (C=O) groups excluding carboxylic acids is 1. The van der Waals surface area contributed by atoms with Crippen molar-refractivity contribution in [1.29, 1.82) is 0 Å². The summed E-state index contributed by atoms with van der Waals surface area (Å²) in [6, 6.07) is 13.1. The fourth-order valence-electron chi connectivity index (χ4n) is 2.19. The zero-order chi connectivity index (χ0) is 17.4. The van der Waals surface area contributed by atoms with Crippen molar-refractivity contribution in [2.45, 2.75) is 27.3 Å².